The molecule has 1 amide bonds. The second kappa shape index (κ2) is 6.30. The van der Waals surface area contributed by atoms with Gasteiger partial charge in [-0.1, -0.05) is 0 Å². The van der Waals surface area contributed by atoms with E-state index in [-0.39, 0.29) is 11.9 Å². The molecule has 2 nitrogen and oxygen atoms in total. The van der Waals surface area contributed by atoms with Crippen LogP contribution in [0.2, 0.25) is 0 Å². The summed E-state index contributed by atoms with van der Waals surface area (Å²) in [5, 5.41) is 6.93. The molecule has 0 saturated carbocycles. The first kappa shape index (κ1) is 14.2. The van der Waals surface area contributed by atoms with Crippen LogP contribution < -0.4 is 5.32 Å². The van der Waals surface area contributed by atoms with Gasteiger partial charge >= 0.3 is 0 Å². The third kappa shape index (κ3) is 3.88. The number of benzene rings is 1. The second-order valence-corrected chi connectivity index (χ2v) is 5.97. The highest BCUT2D eigenvalue weighted by atomic mass is 79.9. The van der Waals surface area contributed by atoms with Crippen molar-refractivity contribution in [1.82, 2.24) is 5.32 Å². The Labute approximate surface area is 123 Å². The molecule has 1 heterocycles. The average molecular weight is 342 g/mol. The van der Waals surface area contributed by atoms with Gasteiger partial charge in [-0.25, -0.2) is 4.39 Å². The van der Waals surface area contributed by atoms with Crippen LogP contribution in [0.15, 0.2) is 39.5 Å². The molecule has 2 rings (SSSR count). The summed E-state index contributed by atoms with van der Waals surface area (Å²) in [6, 6.07) is 6.41. The molecule has 1 aromatic heterocycles. The van der Waals surface area contributed by atoms with Crippen LogP contribution in [-0.2, 0) is 6.42 Å². The summed E-state index contributed by atoms with van der Waals surface area (Å²) in [4.78, 5) is 12.0. The van der Waals surface area contributed by atoms with Crippen LogP contribution in [0.5, 0.6) is 0 Å². The lowest BCUT2D eigenvalue weighted by Gasteiger charge is -2.13. The van der Waals surface area contributed by atoms with Gasteiger partial charge < -0.3 is 5.32 Å². The van der Waals surface area contributed by atoms with Crippen molar-refractivity contribution in [2.24, 2.45) is 0 Å². The summed E-state index contributed by atoms with van der Waals surface area (Å²) in [5.41, 5.74) is 1.53. The van der Waals surface area contributed by atoms with Crippen molar-refractivity contribution < 1.29 is 9.18 Å². The number of hydrogen-bond acceptors (Lipinski definition) is 2. The fourth-order valence-corrected chi connectivity index (χ4v) is 2.69. The van der Waals surface area contributed by atoms with E-state index in [0.717, 1.165) is 6.42 Å². The van der Waals surface area contributed by atoms with Crippen molar-refractivity contribution in [3.8, 4) is 0 Å². The summed E-state index contributed by atoms with van der Waals surface area (Å²) in [6.07, 6.45) is 0.772. The Balaban J connectivity index is 1.98. The fraction of sp³-hybridized carbons (Fsp3) is 0.214. The lowest BCUT2D eigenvalue weighted by atomic mass is 10.1. The molecule has 1 unspecified atom stereocenters. The summed E-state index contributed by atoms with van der Waals surface area (Å²) < 4.78 is 13.7. The number of amides is 1. The molecule has 2 aromatic rings. The van der Waals surface area contributed by atoms with Crippen molar-refractivity contribution in [3.05, 3.63) is 56.4 Å². The summed E-state index contributed by atoms with van der Waals surface area (Å²) in [5.74, 6) is -0.688. The Hall–Kier alpha value is -1.20. The quantitative estimate of drug-likeness (QED) is 0.894. The zero-order valence-electron chi connectivity index (χ0n) is 10.3. The minimum atomic E-state index is -0.432. The molecule has 0 radical (unpaired) electrons. The molecular formula is C14H13BrFNOS. The SMILES string of the molecule is CC(Cc1ccsc1)NC(=O)c1ccc(Br)c(F)c1. The van der Waals surface area contributed by atoms with Gasteiger partial charge in [0.15, 0.2) is 0 Å². The van der Waals surface area contributed by atoms with Crippen molar-refractivity contribution in [2.75, 3.05) is 0 Å². The van der Waals surface area contributed by atoms with Crippen LogP contribution >= 0.6 is 27.3 Å². The Morgan fingerprint density at radius 3 is 2.89 bits per heavy atom. The highest BCUT2D eigenvalue weighted by molar-refractivity contribution is 9.10. The van der Waals surface area contributed by atoms with Crippen LogP contribution in [0.1, 0.15) is 22.8 Å². The number of hydrogen-bond donors (Lipinski definition) is 1. The Morgan fingerprint density at radius 1 is 1.47 bits per heavy atom. The molecule has 0 aliphatic carbocycles. The fourth-order valence-electron chi connectivity index (χ4n) is 1.76. The molecule has 0 saturated heterocycles. The Morgan fingerprint density at radius 2 is 2.26 bits per heavy atom. The maximum absolute atomic E-state index is 13.4. The van der Waals surface area contributed by atoms with Crippen LogP contribution in [-0.4, -0.2) is 11.9 Å². The highest BCUT2D eigenvalue weighted by Gasteiger charge is 2.12. The van der Waals surface area contributed by atoms with Crippen molar-refractivity contribution in [3.63, 3.8) is 0 Å². The van der Waals surface area contributed by atoms with Crippen molar-refractivity contribution >= 4 is 33.2 Å². The van der Waals surface area contributed by atoms with Gasteiger partial charge in [0.25, 0.3) is 5.91 Å². The summed E-state index contributed by atoms with van der Waals surface area (Å²) in [6.45, 7) is 1.94. The van der Waals surface area contributed by atoms with Gasteiger partial charge in [-0.2, -0.15) is 11.3 Å². The Kier molecular flexibility index (Phi) is 4.71. The molecule has 1 N–H and O–H groups in total. The summed E-state index contributed by atoms with van der Waals surface area (Å²) >= 11 is 4.70. The van der Waals surface area contributed by atoms with E-state index in [1.807, 2.05) is 18.4 Å². The van der Waals surface area contributed by atoms with Gasteiger partial charge in [-0.3, -0.25) is 4.79 Å². The van der Waals surface area contributed by atoms with E-state index in [9.17, 15) is 9.18 Å². The van der Waals surface area contributed by atoms with E-state index >= 15 is 0 Å². The standard InChI is InChI=1S/C14H13BrFNOS/c1-9(6-10-4-5-19-8-10)17-14(18)11-2-3-12(15)13(16)7-11/h2-5,7-9H,6H2,1H3,(H,17,18). The van der Waals surface area contributed by atoms with Gasteiger partial charge in [0.2, 0.25) is 0 Å². The first-order valence-electron chi connectivity index (χ1n) is 5.83. The molecule has 0 aliphatic heterocycles. The average Bonchev–Trinajstić information content (AvgIpc) is 2.85. The first-order chi connectivity index (χ1) is 9.06. The normalized spacial score (nSPS) is 12.2. The molecule has 100 valence electrons. The molecule has 0 fully saturated rings. The van der Waals surface area contributed by atoms with Gasteiger partial charge in [-0.05, 0) is 69.9 Å². The maximum Gasteiger partial charge on any atom is 0.251 e. The first-order valence-corrected chi connectivity index (χ1v) is 7.57. The molecule has 0 aliphatic rings. The van der Waals surface area contributed by atoms with E-state index < -0.39 is 5.82 Å². The van der Waals surface area contributed by atoms with Crippen LogP contribution in [0.3, 0.4) is 0 Å². The molecule has 1 aromatic carbocycles. The second-order valence-electron chi connectivity index (χ2n) is 4.34. The zero-order chi connectivity index (χ0) is 13.8. The largest absolute Gasteiger partial charge is 0.349 e. The maximum atomic E-state index is 13.4. The number of thiophene rings is 1. The zero-order valence-corrected chi connectivity index (χ0v) is 12.7. The van der Waals surface area contributed by atoms with E-state index in [2.05, 4.69) is 26.6 Å². The number of halogens is 2. The smallest absolute Gasteiger partial charge is 0.251 e. The highest BCUT2D eigenvalue weighted by Crippen LogP contribution is 2.16. The third-order valence-electron chi connectivity index (χ3n) is 2.68. The molecule has 0 bridgehead atoms. The van der Waals surface area contributed by atoms with Crippen molar-refractivity contribution in [2.45, 2.75) is 19.4 Å². The molecule has 0 spiro atoms. The summed E-state index contributed by atoms with van der Waals surface area (Å²) in [7, 11) is 0. The van der Waals surface area contributed by atoms with Gasteiger partial charge in [-0.15, -0.1) is 0 Å². The molecule has 5 heteroatoms. The molecule has 19 heavy (non-hydrogen) atoms. The lowest BCUT2D eigenvalue weighted by Crippen LogP contribution is -2.34. The Bertz CT molecular complexity index is 571. The van der Waals surface area contributed by atoms with Crippen LogP contribution in [0.4, 0.5) is 4.39 Å². The predicted octanol–water partition coefficient (Wildman–Crippen LogP) is 4.01. The van der Waals surface area contributed by atoms with E-state index in [4.69, 9.17) is 0 Å². The topological polar surface area (TPSA) is 29.1 Å². The number of rotatable bonds is 4. The number of nitrogens with one attached hydrogen (secondary N) is 1. The van der Waals surface area contributed by atoms with Gasteiger partial charge in [0.05, 0.1) is 4.47 Å². The number of carbonyl (C=O) groups excluding carboxylic acids is 1. The van der Waals surface area contributed by atoms with Crippen LogP contribution in [0, 0.1) is 5.82 Å². The van der Waals surface area contributed by atoms with Crippen molar-refractivity contribution in [1.29, 1.82) is 0 Å². The third-order valence-corrected chi connectivity index (χ3v) is 4.06. The minimum absolute atomic E-state index is 0.00816. The van der Waals surface area contributed by atoms with E-state index in [1.54, 1.807) is 17.4 Å². The van der Waals surface area contributed by atoms with E-state index in [1.165, 1.54) is 17.7 Å². The molecule has 1 atom stereocenters. The lowest BCUT2D eigenvalue weighted by molar-refractivity contribution is 0.0939. The minimum Gasteiger partial charge on any atom is -0.349 e. The van der Waals surface area contributed by atoms with Gasteiger partial charge in [0, 0.05) is 11.6 Å². The molecular weight excluding hydrogens is 329 g/mol. The van der Waals surface area contributed by atoms with E-state index in [0.29, 0.717) is 10.0 Å². The van der Waals surface area contributed by atoms with Gasteiger partial charge in [0.1, 0.15) is 5.82 Å². The number of carbonyl (C=O) groups is 1. The predicted molar refractivity (Wildman–Crippen MR) is 79.1 cm³/mol. The van der Waals surface area contributed by atoms with Crippen LogP contribution in [0.25, 0.3) is 0 Å². The monoisotopic (exact) mass is 341 g/mol.